The topological polar surface area (TPSA) is 59.2 Å². The number of nitrogens with zero attached hydrogens (tertiary/aromatic N) is 2. The highest BCUT2D eigenvalue weighted by Crippen LogP contribution is 2.04. The van der Waals surface area contributed by atoms with Crippen molar-refractivity contribution in [3.8, 4) is 0 Å². The van der Waals surface area contributed by atoms with E-state index in [1.165, 1.54) is 6.42 Å². The molecule has 4 heteroatoms. The fourth-order valence-electron chi connectivity index (χ4n) is 1.55. The SMILES string of the molecule is CCCCCN(C)C(=O)Cc1ccc(N)cn1. The van der Waals surface area contributed by atoms with Crippen LogP contribution >= 0.6 is 0 Å². The largest absolute Gasteiger partial charge is 0.397 e. The maximum atomic E-state index is 11.8. The molecule has 0 radical (unpaired) electrons. The quantitative estimate of drug-likeness (QED) is 0.766. The summed E-state index contributed by atoms with van der Waals surface area (Å²) in [5, 5.41) is 0. The Labute approximate surface area is 103 Å². The van der Waals surface area contributed by atoms with Crippen LogP contribution in [-0.2, 0) is 11.2 Å². The molecule has 0 spiro atoms. The van der Waals surface area contributed by atoms with Crippen LogP contribution in [-0.4, -0.2) is 29.4 Å². The van der Waals surface area contributed by atoms with Crippen LogP contribution in [0.1, 0.15) is 31.9 Å². The van der Waals surface area contributed by atoms with Crippen LogP contribution in [0, 0.1) is 0 Å². The van der Waals surface area contributed by atoms with E-state index < -0.39 is 0 Å². The van der Waals surface area contributed by atoms with Crippen LogP contribution in [0.25, 0.3) is 0 Å². The van der Waals surface area contributed by atoms with Gasteiger partial charge in [-0.3, -0.25) is 9.78 Å². The summed E-state index contributed by atoms with van der Waals surface area (Å²) in [6.45, 7) is 2.97. The molecule has 94 valence electrons. The highest BCUT2D eigenvalue weighted by Gasteiger charge is 2.09. The molecule has 0 unspecified atom stereocenters. The minimum atomic E-state index is 0.110. The highest BCUT2D eigenvalue weighted by molar-refractivity contribution is 5.78. The molecule has 0 bridgehead atoms. The number of amides is 1. The molecule has 0 aliphatic heterocycles. The van der Waals surface area contributed by atoms with Crippen molar-refractivity contribution in [2.75, 3.05) is 19.3 Å². The van der Waals surface area contributed by atoms with Crippen LogP contribution in [0.15, 0.2) is 18.3 Å². The fourth-order valence-corrected chi connectivity index (χ4v) is 1.55. The number of carbonyl (C=O) groups is 1. The number of anilines is 1. The molecule has 0 fully saturated rings. The number of carbonyl (C=O) groups excluding carboxylic acids is 1. The van der Waals surface area contributed by atoms with Gasteiger partial charge in [0.1, 0.15) is 0 Å². The summed E-state index contributed by atoms with van der Waals surface area (Å²) in [6, 6.07) is 3.57. The average Bonchev–Trinajstić information content (AvgIpc) is 2.32. The van der Waals surface area contributed by atoms with Crippen molar-refractivity contribution in [1.82, 2.24) is 9.88 Å². The van der Waals surface area contributed by atoms with Gasteiger partial charge < -0.3 is 10.6 Å². The Morgan fingerprint density at radius 3 is 2.76 bits per heavy atom. The standard InChI is InChI=1S/C13H21N3O/c1-3-4-5-8-16(2)13(17)9-12-7-6-11(14)10-15-12/h6-7,10H,3-5,8-9,14H2,1-2H3. The Morgan fingerprint density at radius 1 is 1.41 bits per heavy atom. The third kappa shape index (κ3) is 4.85. The van der Waals surface area contributed by atoms with Gasteiger partial charge in [0.25, 0.3) is 0 Å². The monoisotopic (exact) mass is 235 g/mol. The predicted molar refractivity (Wildman–Crippen MR) is 69.5 cm³/mol. The molecular weight excluding hydrogens is 214 g/mol. The summed E-state index contributed by atoms with van der Waals surface area (Å²) in [5.74, 6) is 0.110. The second-order valence-corrected chi connectivity index (χ2v) is 4.28. The second kappa shape index (κ2) is 6.89. The van der Waals surface area contributed by atoms with E-state index in [0.29, 0.717) is 12.1 Å². The van der Waals surface area contributed by atoms with Crippen LogP contribution in [0.5, 0.6) is 0 Å². The van der Waals surface area contributed by atoms with E-state index >= 15 is 0 Å². The Hall–Kier alpha value is -1.58. The van der Waals surface area contributed by atoms with Crippen LogP contribution in [0.3, 0.4) is 0 Å². The first-order valence-corrected chi connectivity index (χ1v) is 6.08. The van der Waals surface area contributed by atoms with E-state index in [2.05, 4.69) is 11.9 Å². The lowest BCUT2D eigenvalue weighted by Gasteiger charge is -2.16. The lowest BCUT2D eigenvalue weighted by Crippen LogP contribution is -2.29. The van der Waals surface area contributed by atoms with Gasteiger partial charge in [0.2, 0.25) is 5.91 Å². The molecular formula is C13H21N3O. The number of likely N-dealkylation sites (N-methyl/N-ethyl adjacent to an activating group) is 1. The molecule has 1 rings (SSSR count). The first-order valence-electron chi connectivity index (χ1n) is 6.08. The Bertz CT molecular complexity index is 348. The number of rotatable bonds is 6. The number of unbranched alkanes of at least 4 members (excludes halogenated alkanes) is 2. The summed E-state index contributed by atoms with van der Waals surface area (Å²) < 4.78 is 0. The number of pyridine rings is 1. The number of aromatic nitrogens is 1. The summed E-state index contributed by atoms with van der Waals surface area (Å²) in [7, 11) is 1.84. The smallest absolute Gasteiger partial charge is 0.228 e. The van der Waals surface area contributed by atoms with Crippen molar-refractivity contribution in [3.63, 3.8) is 0 Å². The second-order valence-electron chi connectivity index (χ2n) is 4.28. The van der Waals surface area contributed by atoms with Gasteiger partial charge in [0.05, 0.1) is 18.3 Å². The summed E-state index contributed by atoms with van der Waals surface area (Å²) in [6.07, 6.45) is 5.33. The van der Waals surface area contributed by atoms with Crippen molar-refractivity contribution < 1.29 is 4.79 Å². The molecule has 0 atom stereocenters. The molecule has 0 aliphatic carbocycles. The molecule has 1 aromatic heterocycles. The van der Waals surface area contributed by atoms with Gasteiger partial charge in [-0.25, -0.2) is 0 Å². The third-order valence-corrected chi connectivity index (χ3v) is 2.70. The van der Waals surface area contributed by atoms with E-state index in [4.69, 9.17) is 5.73 Å². The molecule has 0 saturated heterocycles. The van der Waals surface area contributed by atoms with Gasteiger partial charge in [-0.15, -0.1) is 0 Å². The van der Waals surface area contributed by atoms with Crippen molar-refractivity contribution in [1.29, 1.82) is 0 Å². The zero-order chi connectivity index (χ0) is 12.7. The van der Waals surface area contributed by atoms with Gasteiger partial charge in [-0.1, -0.05) is 19.8 Å². The van der Waals surface area contributed by atoms with E-state index in [1.54, 1.807) is 23.2 Å². The van der Waals surface area contributed by atoms with Crippen LogP contribution in [0.2, 0.25) is 0 Å². The Morgan fingerprint density at radius 2 is 2.18 bits per heavy atom. The first-order chi connectivity index (χ1) is 8.13. The summed E-state index contributed by atoms with van der Waals surface area (Å²) in [4.78, 5) is 17.7. The van der Waals surface area contributed by atoms with Crippen molar-refractivity contribution in [3.05, 3.63) is 24.0 Å². The molecule has 1 amide bonds. The Kier molecular flexibility index (Phi) is 5.46. The minimum absolute atomic E-state index is 0.110. The van der Waals surface area contributed by atoms with E-state index in [-0.39, 0.29) is 5.91 Å². The van der Waals surface area contributed by atoms with Gasteiger partial charge in [0.15, 0.2) is 0 Å². The van der Waals surface area contributed by atoms with Crippen LogP contribution in [0.4, 0.5) is 5.69 Å². The molecule has 0 aromatic carbocycles. The summed E-state index contributed by atoms with van der Waals surface area (Å²) >= 11 is 0. The molecule has 4 nitrogen and oxygen atoms in total. The lowest BCUT2D eigenvalue weighted by atomic mass is 10.2. The van der Waals surface area contributed by atoms with Crippen molar-refractivity contribution in [2.45, 2.75) is 32.6 Å². The van der Waals surface area contributed by atoms with Crippen LogP contribution < -0.4 is 5.73 Å². The van der Waals surface area contributed by atoms with E-state index in [0.717, 1.165) is 25.1 Å². The molecule has 0 aliphatic rings. The molecule has 2 N–H and O–H groups in total. The van der Waals surface area contributed by atoms with Crippen molar-refractivity contribution in [2.24, 2.45) is 0 Å². The number of nitrogen functional groups attached to an aromatic ring is 1. The first kappa shape index (κ1) is 13.5. The minimum Gasteiger partial charge on any atom is -0.397 e. The van der Waals surface area contributed by atoms with Crippen molar-refractivity contribution >= 4 is 11.6 Å². The average molecular weight is 235 g/mol. The van der Waals surface area contributed by atoms with E-state index in [9.17, 15) is 4.79 Å². The lowest BCUT2D eigenvalue weighted by molar-refractivity contribution is -0.129. The number of nitrogens with two attached hydrogens (primary N) is 1. The summed E-state index contributed by atoms with van der Waals surface area (Å²) in [5.41, 5.74) is 6.93. The van der Waals surface area contributed by atoms with E-state index in [1.807, 2.05) is 7.05 Å². The van der Waals surface area contributed by atoms with Gasteiger partial charge in [-0.2, -0.15) is 0 Å². The van der Waals surface area contributed by atoms with Gasteiger partial charge in [0, 0.05) is 19.3 Å². The third-order valence-electron chi connectivity index (χ3n) is 2.70. The fraction of sp³-hybridized carbons (Fsp3) is 0.538. The maximum Gasteiger partial charge on any atom is 0.228 e. The number of hydrogen-bond donors (Lipinski definition) is 1. The zero-order valence-electron chi connectivity index (χ0n) is 10.6. The molecule has 1 aromatic rings. The Balaban J connectivity index is 2.40. The predicted octanol–water partition coefficient (Wildman–Crippen LogP) is 1.85. The zero-order valence-corrected chi connectivity index (χ0v) is 10.6. The molecule has 1 heterocycles. The van der Waals surface area contributed by atoms with Gasteiger partial charge in [-0.05, 0) is 18.6 Å². The maximum absolute atomic E-state index is 11.8. The normalized spacial score (nSPS) is 10.2. The highest BCUT2D eigenvalue weighted by atomic mass is 16.2. The molecule has 17 heavy (non-hydrogen) atoms. The molecule has 0 saturated carbocycles. The van der Waals surface area contributed by atoms with Gasteiger partial charge >= 0.3 is 0 Å². The number of hydrogen-bond acceptors (Lipinski definition) is 3.